The number of rotatable bonds is 3. The van der Waals surface area contributed by atoms with Gasteiger partial charge in [-0.3, -0.25) is 4.68 Å². The lowest BCUT2D eigenvalue weighted by atomic mass is 10.1. The highest BCUT2D eigenvalue weighted by atomic mass is 35.5. The summed E-state index contributed by atoms with van der Waals surface area (Å²) in [5, 5.41) is 18.4. The van der Waals surface area contributed by atoms with Crippen LogP contribution >= 0.6 is 22.9 Å². The van der Waals surface area contributed by atoms with Gasteiger partial charge in [0.2, 0.25) is 4.96 Å². The molecule has 0 aliphatic heterocycles. The fourth-order valence-electron chi connectivity index (χ4n) is 2.20. The maximum absolute atomic E-state index is 5.87. The second-order valence-electron chi connectivity index (χ2n) is 4.90. The van der Waals surface area contributed by atoms with Gasteiger partial charge in [0.1, 0.15) is 5.01 Å². The number of aryl methyl sites for hydroxylation is 1. The molecule has 0 aliphatic rings. The van der Waals surface area contributed by atoms with Crippen LogP contribution in [0.4, 0.5) is 0 Å². The number of aromatic nitrogens is 6. The zero-order valence-electron chi connectivity index (χ0n) is 11.6. The van der Waals surface area contributed by atoms with Gasteiger partial charge in [0.05, 0.1) is 17.8 Å². The topological polar surface area (TPSA) is 60.9 Å². The minimum absolute atomic E-state index is 0.645. The lowest BCUT2D eigenvalue weighted by Crippen LogP contribution is -1.99. The Morgan fingerprint density at radius 1 is 1.18 bits per heavy atom. The van der Waals surface area contributed by atoms with Gasteiger partial charge in [-0.2, -0.15) is 14.7 Å². The molecule has 4 rings (SSSR count). The molecule has 4 aromatic rings. The fraction of sp³-hybridized carbons (Fsp3) is 0.143. The van der Waals surface area contributed by atoms with E-state index in [1.807, 2.05) is 11.6 Å². The van der Waals surface area contributed by atoms with Crippen molar-refractivity contribution in [3.8, 4) is 10.6 Å². The Balaban J connectivity index is 1.60. The summed E-state index contributed by atoms with van der Waals surface area (Å²) in [7, 11) is 0. The van der Waals surface area contributed by atoms with E-state index in [-0.39, 0.29) is 0 Å². The number of fused-ring (bicyclic) bond motifs is 1. The molecule has 3 aromatic heterocycles. The molecule has 1 aromatic carbocycles. The van der Waals surface area contributed by atoms with Gasteiger partial charge in [-0.05, 0) is 12.5 Å². The minimum Gasteiger partial charge on any atom is -0.267 e. The molecule has 110 valence electrons. The number of benzene rings is 1. The zero-order chi connectivity index (χ0) is 15.1. The average molecular weight is 331 g/mol. The molecule has 0 fully saturated rings. The van der Waals surface area contributed by atoms with Gasteiger partial charge in [-0.25, -0.2) is 0 Å². The van der Waals surface area contributed by atoms with E-state index in [1.165, 1.54) is 11.3 Å². The lowest BCUT2D eigenvalue weighted by molar-refractivity contribution is 0.687. The monoisotopic (exact) mass is 330 g/mol. The Kier molecular flexibility index (Phi) is 3.16. The molecule has 0 N–H and O–H groups in total. The van der Waals surface area contributed by atoms with Crippen molar-refractivity contribution in [2.24, 2.45) is 0 Å². The third-order valence-electron chi connectivity index (χ3n) is 3.29. The molecular weight excluding hydrogens is 320 g/mol. The Labute approximate surface area is 135 Å². The van der Waals surface area contributed by atoms with E-state index in [0.29, 0.717) is 11.6 Å². The van der Waals surface area contributed by atoms with E-state index in [0.717, 1.165) is 26.9 Å². The smallest absolute Gasteiger partial charge is 0.234 e. The van der Waals surface area contributed by atoms with Crippen LogP contribution in [0.1, 0.15) is 11.4 Å². The van der Waals surface area contributed by atoms with Crippen molar-refractivity contribution in [3.05, 3.63) is 53.1 Å². The van der Waals surface area contributed by atoms with E-state index in [9.17, 15) is 0 Å². The maximum Gasteiger partial charge on any atom is 0.234 e. The summed E-state index contributed by atoms with van der Waals surface area (Å²) in [6.45, 7) is 2.58. The van der Waals surface area contributed by atoms with Gasteiger partial charge >= 0.3 is 0 Å². The van der Waals surface area contributed by atoms with Crippen LogP contribution in [0, 0.1) is 6.92 Å². The molecule has 3 heterocycles. The van der Waals surface area contributed by atoms with Crippen LogP contribution in [-0.2, 0) is 6.54 Å². The standard InChI is InChI=1S/C14H11ClN6S/c1-9-17-18-14-21(9)19-13(22-14)11-4-2-10(3-5-11)7-20-8-12(15)6-16-20/h2-6,8H,7H2,1H3. The predicted molar refractivity (Wildman–Crippen MR) is 85.2 cm³/mol. The van der Waals surface area contributed by atoms with Crippen molar-refractivity contribution in [2.45, 2.75) is 13.5 Å². The van der Waals surface area contributed by atoms with E-state index >= 15 is 0 Å². The van der Waals surface area contributed by atoms with Gasteiger partial charge in [0, 0.05) is 11.8 Å². The fourth-order valence-corrected chi connectivity index (χ4v) is 3.24. The summed E-state index contributed by atoms with van der Waals surface area (Å²) in [4.78, 5) is 0.808. The Morgan fingerprint density at radius 3 is 2.68 bits per heavy atom. The molecule has 0 saturated heterocycles. The molecule has 0 spiro atoms. The minimum atomic E-state index is 0.645. The van der Waals surface area contributed by atoms with Crippen molar-refractivity contribution < 1.29 is 0 Å². The van der Waals surface area contributed by atoms with Crippen molar-refractivity contribution in [1.82, 2.24) is 29.6 Å². The normalized spacial score (nSPS) is 11.4. The second-order valence-corrected chi connectivity index (χ2v) is 6.29. The molecular formula is C14H11ClN6S. The van der Waals surface area contributed by atoms with Crippen LogP contribution in [0.2, 0.25) is 5.02 Å². The Morgan fingerprint density at radius 2 is 2.00 bits per heavy atom. The first kappa shape index (κ1) is 13.4. The molecule has 8 heteroatoms. The van der Waals surface area contributed by atoms with Crippen LogP contribution < -0.4 is 0 Å². The number of hydrogen-bond donors (Lipinski definition) is 0. The third-order valence-corrected chi connectivity index (χ3v) is 4.44. The summed E-state index contributed by atoms with van der Waals surface area (Å²) in [5.41, 5.74) is 2.22. The van der Waals surface area contributed by atoms with Crippen LogP contribution in [0.5, 0.6) is 0 Å². The molecule has 0 radical (unpaired) electrons. The summed E-state index contributed by atoms with van der Waals surface area (Å²) >= 11 is 7.40. The average Bonchev–Trinajstić information content (AvgIpc) is 3.19. The third kappa shape index (κ3) is 2.38. The quantitative estimate of drug-likeness (QED) is 0.579. The molecule has 6 nitrogen and oxygen atoms in total. The second kappa shape index (κ2) is 5.19. The first-order valence-corrected chi connectivity index (χ1v) is 7.84. The van der Waals surface area contributed by atoms with Gasteiger partial charge in [-0.15, -0.1) is 10.2 Å². The van der Waals surface area contributed by atoms with E-state index in [1.54, 1.807) is 16.9 Å². The first-order valence-electron chi connectivity index (χ1n) is 6.65. The number of hydrogen-bond acceptors (Lipinski definition) is 5. The van der Waals surface area contributed by atoms with Crippen LogP contribution in [0.15, 0.2) is 36.7 Å². The molecule has 0 amide bonds. The lowest BCUT2D eigenvalue weighted by Gasteiger charge is -2.02. The summed E-state index contributed by atoms with van der Waals surface area (Å²) in [6, 6.07) is 8.25. The van der Waals surface area contributed by atoms with E-state index in [2.05, 4.69) is 44.7 Å². The highest BCUT2D eigenvalue weighted by Gasteiger charge is 2.10. The molecule has 0 atom stereocenters. The van der Waals surface area contributed by atoms with Gasteiger partial charge in [0.25, 0.3) is 0 Å². The van der Waals surface area contributed by atoms with Crippen molar-refractivity contribution >= 4 is 27.9 Å². The SMILES string of the molecule is Cc1nnc2sc(-c3ccc(Cn4cc(Cl)cn4)cc3)nn12. The van der Waals surface area contributed by atoms with Crippen LogP contribution in [0.25, 0.3) is 15.5 Å². The summed E-state index contributed by atoms with van der Waals surface area (Å²) < 4.78 is 3.57. The van der Waals surface area contributed by atoms with Crippen molar-refractivity contribution in [2.75, 3.05) is 0 Å². The molecule has 0 bridgehead atoms. The predicted octanol–water partition coefficient (Wildman–Crippen LogP) is 3.06. The molecule has 0 unspecified atom stereocenters. The number of halogens is 1. The summed E-state index contributed by atoms with van der Waals surface area (Å²) in [6.07, 6.45) is 3.44. The molecule has 0 aliphatic carbocycles. The van der Waals surface area contributed by atoms with Gasteiger partial charge < -0.3 is 0 Å². The van der Waals surface area contributed by atoms with Crippen LogP contribution in [-0.4, -0.2) is 29.6 Å². The molecule has 0 saturated carbocycles. The van der Waals surface area contributed by atoms with Crippen LogP contribution in [0.3, 0.4) is 0 Å². The maximum atomic E-state index is 5.87. The zero-order valence-corrected chi connectivity index (χ0v) is 13.2. The highest BCUT2D eigenvalue weighted by molar-refractivity contribution is 7.19. The van der Waals surface area contributed by atoms with E-state index in [4.69, 9.17) is 11.6 Å². The first-order chi connectivity index (χ1) is 10.7. The van der Waals surface area contributed by atoms with Gasteiger partial charge in [0.15, 0.2) is 5.82 Å². The van der Waals surface area contributed by atoms with E-state index < -0.39 is 0 Å². The summed E-state index contributed by atoms with van der Waals surface area (Å²) in [5.74, 6) is 0.796. The van der Waals surface area contributed by atoms with Crippen molar-refractivity contribution in [3.63, 3.8) is 0 Å². The Hall–Kier alpha value is -2.25. The highest BCUT2D eigenvalue weighted by Crippen LogP contribution is 2.25. The van der Waals surface area contributed by atoms with Gasteiger partial charge in [-0.1, -0.05) is 47.2 Å². The molecule has 22 heavy (non-hydrogen) atoms. The Bertz CT molecular complexity index is 936. The number of nitrogens with zero attached hydrogens (tertiary/aromatic N) is 6. The largest absolute Gasteiger partial charge is 0.267 e. The van der Waals surface area contributed by atoms with Crippen molar-refractivity contribution in [1.29, 1.82) is 0 Å².